The maximum absolute atomic E-state index is 12.0. The molecule has 2 aliphatic heterocycles. The summed E-state index contributed by atoms with van der Waals surface area (Å²) in [7, 11) is -3.15. The van der Waals surface area contributed by atoms with Gasteiger partial charge in [-0.3, -0.25) is 0 Å². The molecule has 1 aliphatic carbocycles. The van der Waals surface area contributed by atoms with Crippen molar-refractivity contribution < 1.29 is 17.9 Å². The molecule has 0 unspecified atom stereocenters. The van der Waals surface area contributed by atoms with Gasteiger partial charge in [-0.25, -0.2) is 8.42 Å². The van der Waals surface area contributed by atoms with Crippen LogP contribution in [0.4, 0.5) is 0 Å². The predicted octanol–water partition coefficient (Wildman–Crippen LogP) is 3.16. The second-order valence-electron chi connectivity index (χ2n) is 8.57. The van der Waals surface area contributed by atoms with Crippen molar-refractivity contribution in [1.82, 2.24) is 14.5 Å². The molecule has 1 aromatic heterocycles. The van der Waals surface area contributed by atoms with E-state index in [2.05, 4.69) is 17.1 Å². The first-order valence-electron chi connectivity index (χ1n) is 10.6. The molecule has 3 atom stereocenters. The van der Waals surface area contributed by atoms with Crippen LogP contribution in [0.1, 0.15) is 64.7 Å². The number of aromatic nitrogens is 2. The van der Waals surface area contributed by atoms with Gasteiger partial charge in [-0.1, -0.05) is 13.3 Å². The second-order valence-corrected chi connectivity index (χ2v) is 10.5. The summed E-state index contributed by atoms with van der Waals surface area (Å²) in [5, 5.41) is 8.36. The van der Waals surface area contributed by atoms with Gasteiger partial charge < -0.3 is 9.47 Å². The first kappa shape index (κ1) is 19.9. The molecule has 0 radical (unpaired) electrons. The van der Waals surface area contributed by atoms with Gasteiger partial charge in [0.05, 0.1) is 6.26 Å². The Morgan fingerprint density at radius 3 is 1.93 bits per heavy atom. The highest BCUT2D eigenvalue weighted by Gasteiger charge is 2.46. The third-order valence-corrected chi connectivity index (χ3v) is 7.93. The molecule has 0 N–H and O–H groups in total. The number of ether oxygens (including phenoxy) is 2. The Labute approximate surface area is 167 Å². The van der Waals surface area contributed by atoms with Crippen molar-refractivity contribution in [3.8, 4) is 11.8 Å². The van der Waals surface area contributed by atoms with Gasteiger partial charge in [0.1, 0.15) is 12.2 Å². The molecule has 2 bridgehead atoms. The Morgan fingerprint density at radius 2 is 1.46 bits per heavy atom. The van der Waals surface area contributed by atoms with Crippen LogP contribution in [0.3, 0.4) is 0 Å². The SMILES string of the molecule is CCC1CCC(Oc2ccc(O[C@@H]3C[C@H]4CC[C@@H](C3)N4S(C)(=O)=O)nn2)CC1. The molecule has 1 aromatic rings. The fraction of sp³-hybridized carbons (Fsp3) is 0.800. The van der Waals surface area contributed by atoms with Crippen LogP contribution in [0.15, 0.2) is 12.1 Å². The van der Waals surface area contributed by atoms with E-state index in [9.17, 15) is 8.42 Å². The van der Waals surface area contributed by atoms with E-state index in [4.69, 9.17) is 9.47 Å². The van der Waals surface area contributed by atoms with E-state index in [1.807, 2.05) is 12.1 Å². The maximum atomic E-state index is 12.0. The lowest BCUT2D eigenvalue weighted by atomic mass is 9.86. The zero-order valence-corrected chi connectivity index (χ0v) is 17.6. The molecule has 8 heteroatoms. The van der Waals surface area contributed by atoms with E-state index in [0.29, 0.717) is 24.6 Å². The summed E-state index contributed by atoms with van der Waals surface area (Å²) in [6.07, 6.45) is 10.7. The zero-order valence-electron chi connectivity index (χ0n) is 16.8. The smallest absolute Gasteiger partial charge is 0.233 e. The molecule has 0 amide bonds. The Bertz CT molecular complexity index is 748. The molecule has 1 saturated carbocycles. The number of piperidine rings is 1. The Balaban J connectivity index is 1.30. The summed E-state index contributed by atoms with van der Waals surface area (Å²) in [6, 6.07) is 3.74. The predicted molar refractivity (Wildman–Crippen MR) is 106 cm³/mol. The molecule has 2 saturated heterocycles. The van der Waals surface area contributed by atoms with Gasteiger partial charge in [-0.15, -0.1) is 10.2 Å². The van der Waals surface area contributed by atoms with E-state index >= 15 is 0 Å². The van der Waals surface area contributed by atoms with Gasteiger partial charge in [0.15, 0.2) is 0 Å². The molecule has 28 heavy (non-hydrogen) atoms. The Hall–Kier alpha value is -1.41. The normalized spacial score (nSPS) is 33.6. The van der Waals surface area contributed by atoms with E-state index in [0.717, 1.165) is 31.6 Å². The standard InChI is InChI=1S/C20H31N3O4S/c1-3-14-4-8-17(9-5-14)26-19-10-11-20(22-21-19)27-18-12-15-6-7-16(13-18)23(15)28(2,24)25/h10-11,14-18H,3-9,12-13H2,1-2H3/t14?,15-,16+,17?,18-. The summed E-state index contributed by atoms with van der Waals surface area (Å²) < 4.78 is 37.7. The van der Waals surface area contributed by atoms with Gasteiger partial charge >= 0.3 is 0 Å². The van der Waals surface area contributed by atoms with Gasteiger partial charge in [-0.05, 0) is 44.4 Å². The molecule has 7 nitrogen and oxygen atoms in total. The van der Waals surface area contributed by atoms with Gasteiger partial charge in [-0.2, -0.15) is 4.31 Å². The summed E-state index contributed by atoms with van der Waals surface area (Å²) in [6.45, 7) is 2.26. The maximum Gasteiger partial charge on any atom is 0.233 e. The number of nitrogens with zero attached hydrogens (tertiary/aromatic N) is 3. The van der Waals surface area contributed by atoms with Crippen molar-refractivity contribution >= 4 is 10.0 Å². The zero-order chi connectivity index (χ0) is 19.7. The van der Waals surface area contributed by atoms with Crippen LogP contribution in [0.5, 0.6) is 11.8 Å². The minimum absolute atomic E-state index is 0.0131. The monoisotopic (exact) mass is 409 g/mol. The van der Waals surface area contributed by atoms with Crippen molar-refractivity contribution in [2.24, 2.45) is 5.92 Å². The van der Waals surface area contributed by atoms with Crippen molar-refractivity contribution in [1.29, 1.82) is 0 Å². The highest BCUT2D eigenvalue weighted by atomic mass is 32.2. The topological polar surface area (TPSA) is 81.6 Å². The Morgan fingerprint density at radius 1 is 0.929 bits per heavy atom. The van der Waals surface area contributed by atoms with Gasteiger partial charge in [0, 0.05) is 37.1 Å². The fourth-order valence-electron chi connectivity index (χ4n) is 5.15. The third-order valence-electron chi connectivity index (χ3n) is 6.57. The number of hydrogen-bond donors (Lipinski definition) is 0. The minimum atomic E-state index is -3.15. The van der Waals surface area contributed by atoms with Crippen molar-refractivity contribution in [3.63, 3.8) is 0 Å². The first-order valence-corrected chi connectivity index (χ1v) is 12.4. The summed E-state index contributed by atoms with van der Waals surface area (Å²) in [5.74, 6) is 1.88. The van der Waals surface area contributed by atoms with E-state index in [1.54, 1.807) is 4.31 Å². The van der Waals surface area contributed by atoms with Crippen molar-refractivity contribution in [3.05, 3.63) is 12.1 Å². The molecule has 3 aliphatic rings. The fourth-order valence-corrected chi connectivity index (χ4v) is 6.62. The average molecular weight is 410 g/mol. The highest BCUT2D eigenvalue weighted by molar-refractivity contribution is 7.88. The molecule has 0 aromatic carbocycles. The number of rotatable bonds is 6. The molecular formula is C20H31N3O4S. The lowest BCUT2D eigenvalue weighted by Gasteiger charge is -2.36. The average Bonchev–Trinajstić information content (AvgIpc) is 2.96. The molecule has 3 fully saturated rings. The van der Waals surface area contributed by atoms with Gasteiger partial charge in [0.25, 0.3) is 0 Å². The van der Waals surface area contributed by atoms with Crippen LogP contribution < -0.4 is 9.47 Å². The van der Waals surface area contributed by atoms with Crippen LogP contribution in [-0.4, -0.2) is 53.5 Å². The third kappa shape index (κ3) is 4.43. The number of sulfonamides is 1. The van der Waals surface area contributed by atoms with Gasteiger partial charge in [0.2, 0.25) is 21.8 Å². The lowest BCUT2D eigenvalue weighted by molar-refractivity contribution is 0.0898. The molecule has 4 rings (SSSR count). The molecule has 156 valence electrons. The summed E-state index contributed by atoms with van der Waals surface area (Å²) >= 11 is 0. The summed E-state index contributed by atoms with van der Waals surface area (Å²) in [4.78, 5) is 0. The molecular weight excluding hydrogens is 378 g/mol. The van der Waals surface area contributed by atoms with E-state index < -0.39 is 10.0 Å². The number of hydrogen-bond acceptors (Lipinski definition) is 6. The second kappa shape index (κ2) is 8.14. The lowest BCUT2D eigenvalue weighted by Crippen LogP contribution is -2.48. The largest absolute Gasteiger partial charge is 0.473 e. The van der Waals surface area contributed by atoms with Crippen LogP contribution in [-0.2, 0) is 10.0 Å². The van der Waals surface area contributed by atoms with Crippen LogP contribution in [0.25, 0.3) is 0 Å². The highest BCUT2D eigenvalue weighted by Crippen LogP contribution is 2.38. The molecule has 3 heterocycles. The van der Waals surface area contributed by atoms with E-state index in [1.165, 1.54) is 25.5 Å². The van der Waals surface area contributed by atoms with Crippen LogP contribution in [0.2, 0.25) is 0 Å². The quantitative estimate of drug-likeness (QED) is 0.718. The molecule has 0 spiro atoms. The van der Waals surface area contributed by atoms with Crippen LogP contribution in [0, 0.1) is 5.92 Å². The minimum Gasteiger partial charge on any atom is -0.473 e. The summed E-state index contributed by atoms with van der Waals surface area (Å²) in [5.41, 5.74) is 0. The first-order chi connectivity index (χ1) is 13.4. The van der Waals surface area contributed by atoms with Crippen molar-refractivity contribution in [2.75, 3.05) is 6.26 Å². The Kier molecular flexibility index (Phi) is 5.78. The number of fused-ring (bicyclic) bond motifs is 2. The van der Waals surface area contributed by atoms with E-state index in [-0.39, 0.29) is 24.3 Å². The van der Waals surface area contributed by atoms with Crippen LogP contribution >= 0.6 is 0 Å². The van der Waals surface area contributed by atoms with Crippen molar-refractivity contribution in [2.45, 2.75) is 89.0 Å².